The first-order valence-electron chi connectivity index (χ1n) is 9.69. The monoisotopic (exact) mass is 419 g/mol. The van der Waals surface area contributed by atoms with E-state index in [0.717, 1.165) is 36.0 Å². The minimum Gasteiger partial charge on any atom is -0.361 e. The highest BCUT2D eigenvalue weighted by Gasteiger charge is 2.14. The minimum atomic E-state index is 0.869. The summed E-state index contributed by atoms with van der Waals surface area (Å²) in [5.41, 5.74) is 2.30. The summed E-state index contributed by atoms with van der Waals surface area (Å²) < 4.78 is 7.82. The Balaban J connectivity index is 1.37. The molecule has 146 valence electrons. The highest BCUT2D eigenvalue weighted by atomic mass is 32.1. The fourth-order valence-electron chi connectivity index (χ4n) is 3.64. The molecule has 0 fully saturated rings. The number of anilines is 1. The lowest BCUT2D eigenvalue weighted by molar-refractivity contribution is 0.390. The molecule has 0 radical (unpaired) electrons. The molecule has 0 aliphatic heterocycles. The van der Waals surface area contributed by atoms with Crippen LogP contribution in [0, 0.1) is 6.92 Å². The Labute approximate surface area is 177 Å². The molecule has 0 spiro atoms. The van der Waals surface area contributed by atoms with Crippen molar-refractivity contribution >= 4 is 48.0 Å². The van der Waals surface area contributed by atoms with E-state index < -0.39 is 0 Å². The Morgan fingerprint density at radius 1 is 1.03 bits per heavy atom. The second-order valence-corrected chi connectivity index (χ2v) is 9.30. The molecule has 29 heavy (non-hydrogen) atoms. The van der Waals surface area contributed by atoms with Crippen LogP contribution >= 0.6 is 22.7 Å². The third-order valence-electron chi connectivity index (χ3n) is 5.09. The maximum Gasteiger partial charge on any atom is 0.185 e. The minimum absolute atomic E-state index is 0.869. The van der Waals surface area contributed by atoms with Gasteiger partial charge in [0.2, 0.25) is 0 Å². The molecule has 4 nitrogen and oxygen atoms in total. The van der Waals surface area contributed by atoms with Crippen molar-refractivity contribution in [3.05, 3.63) is 66.2 Å². The summed E-state index contributed by atoms with van der Waals surface area (Å²) >= 11 is 3.62. The number of hydrogen-bond acceptors (Lipinski definition) is 6. The third-order valence-corrected chi connectivity index (χ3v) is 7.46. The van der Waals surface area contributed by atoms with E-state index in [0.29, 0.717) is 0 Å². The molecule has 5 aromatic rings. The van der Waals surface area contributed by atoms with E-state index in [1.807, 2.05) is 30.5 Å². The van der Waals surface area contributed by atoms with Crippen LogP contribution in [0.1, 0.15) is 17.9 Å². The molecule has 5 rings (SSSR count). The van der Waals surface area contributed by atoms with Gasteiger partial charge in [0.1, 0.15) is 5.76 Å². The van der Waals surface area contributed by atoms with E-state index in [1.165, 1.54) is 30.6 Å². The number of aromatic nitrogens is 2. The number of thiazole rings is 1. The van der Waals surface area contributed by atoms with Crippen molar-refractivity contribution in [3.63, 3.8) is 0 Å². The van der Waals surface area contributed by atoms with Crippen molar-refractivity contribution in [2.45, 2.75) is 19.8 Å². The van der Waals surface area contributed by atoms with Crippen LogP contribution in [0.5, 0.6) is 0 Å². The summed E-state index contributed by atoms with van der Waals surface area (Å²) in [5, 5.41) is 7.78. The van der Waals surface area contributed by atoms with Gasteiger partial charge in [-0.2, -0.15) is 0 Å². The van der Waals surface area contributed by atoms with Crippen LogP contribution in [0.4, 0.5) is 5.13 Å². The second kappa shape index (κ2) is 7.61. The van der Waals surface area contributed by atoms with Crippen molar-refractivity contribution in [2.75, 3.05) is 18.5 Å². The quantitative estimate of drug-likeness (QED) is 0.313. The largest absolute Gasteiger partial charge is 0.361 e. The molecular weight excluding hydrogens is 398 g/mol. The molecule has 0 bridgehead atoms. The predicted molar refractivity (Wildman–Crippen MR) is 123 cm³/mol. The number of thiophene rings is 1. The Hall–Kier alpha value is -2.70. The molecule has 3 heterocycles. The maximum absolute atomic E-state index is 5.14. The molecule has 0 aliphatic carbocycles. The zero-order valence-corrected chi connectivity index (χ0v) is 18.0. The zero-order valence-electron chi connectivity index (χ0n) is 16.4. The van der Waals surface area contributed by atoms with E-state index in [2.05, 4.69) is 59.6 Å². The van der Waals surface area contributed by atoms with Crippen LogP contribution in [-0.2, 0) is 6.42 Å². The molecule has 0 N–H and O–H groups in total. The first kappa shape index (κ1) is 18.3. The summed E-state index contributed by atoms with van der Waals surface area (Å²) in [7, 11) is 2.11. The number of hydrogen-bond donors (Lipinski definition) is 0. The van der Waals surface area contributed by atoms with Gasteiger partial charge in [-0.3, -0.25) is 0 Å². The van der Waals surface area contributed by atoms with Gasteiger partial charge in [0.05, 0.1) is 10.6 Å². The average molecular weight is 420 g/mol. The molecule has 0 amide bonds. The van der Waals surface area contributed by atoms with Crippen molar-refractivity contribution in [2.24, 2.45) is 0 Å². The lowest BCUT2D eigenvalue weighted by Crippen LogP contribution is -2.18. The van der Waals surface area contributed by atoms with Crippen LogP contribution in [-0.4, -0.2) is 23.7 Å². The van der Waals surface area contributed by atoms with Gasteiger partial charge in [0.25, 0.3) is 0 Å². The first-order valence-corrected chi connectivity index (χ1v) is 11.3. The van der Waals surface area contributed by atoms with Gasteiger partial charge >= 0.3 is 0 Å². The standard InChI is InChI=1S/C23H21N3OS2/c1-15-13-16(25-27-15)7-6-12-26(2)23-24-14-21(29-23)19-10-5-9-18-17-8-3-4-11-20(17)28-22(18)19/h3-5,8-11,13-14H,6-7,12H2,1-2H3. The summed E-state index contributed by atoms with van der Waals surface area (Å²) in [5.74, 6) is 0.869. The van der Waals surface area contributed by atoms with Crippen LogP contribution in [0.3, 0.4) is 0 Å². The van der Waals surface area contributed by atoms with Crippen LogP contribution in [0.2, 0.25) is 0 Å². The Morgan fingerprint density at radius 3 is 2.76 bits per heavy atom. The van der Waals surface area contributed by atoms with Crippen molar-refractivity contribution in [3.8, 4) is 10.4 Å². The summed E-state index contributed by atoms with van der Waals surface area (Å²) in [6.07, 6.45) is 3.95. The van der Waals surface area contributed by atoms with Gasteiger partial charge in [-0.1, -0.05) is 52.9 Å². The van der Waals surface area contributed by atoms with Crippen LogP contribution in [0.15, 0.2) is 59.3 Å². The Morgan fingerprint density at radius 2 is 1.90 bits per heavy atom. The van der Waals surface area contributed by atoms with Crippen molar-refractivity contribution in [1.82, 2.24) is 10.1 Å². The molecular formula is C23H21N3OS2. The highest BCUT2D eigenvalue weighted by molar-refractivity contribution is 7.27. The van der Waals surface area contributed by atoms with Crippen LogP contribution < -0.4 is 4.90 Å². The van der Waals surface area contributed by atoms with Gasteiger partial charge in [-0.25, -0.2) is 4.98 Å². The molecule has 0 atom stereocenters. The molecule has 0 saturated heterocycles. The highest BCUT2D eigenvalue weighted by Crippen LogP contribution is 2.42. The number of nitrogens with zero attached hydrogens (tertiary/aromatic N) is 3. The Kier molecular flexibility index (Phi) is 4.81. The summed E-state index contributed by atoms with van der Waals surface area (Å²) in [6, 6.07) is 17.2. The van der Waals surface area contributed by atoms with Crippen molar-refractivity contribution in [1.29, 1.82) is 0 Å². The molecule has 0 aliphatic rings. The smallest absolute Gasteiger partial charge is 0.185 e. The first-order chi connectivity index (χ1) is 14.2. The Bertz CT molecular complexity index is 1280. The molecule has 0 saturated carbocycles. The normalized spacial score (nSPS) is 11.5. The van der Waals surface area contributed by atoms with Crippen molar-refractivity contribution < 1.29 is 4.52 Å². The van der Waals surface area contributed by atoms with E-state index in [-0.39, 0.29) is 0 Å². The zero-order chi connectivity index (χ0) is 19.8. The van der Waals surface area contributed by atoms with Crippen LogP contribution in [0.25, 0.3) is 30.6 Å². The fraction of sp³-hybridized carbons (Fsp3) is 0.217. The van der Waals surface area contributed by atoms with E-state index in [4.69, 9.17) is 9.51 Å². The summed E-state index contributed by atoms with van der Waals surface area (Å²) in [4.78, 5) is 8.14. The van der Waals surface area contributed by atoms with Gasteiger partial charge in [-0.05, 0) is 25.8 Å². The van der Waals surface area contributed by atoms with Gasteiger partial charge in [0.15, 0.2) is 5.13 Å². The molecule has 0 unspecified atom stereocenters. The van der Waals surface area contributed by atoms with Gasteiger partial charge in [0, 0.05) is 51.6 Å². The van der Waals surface area contributed by atoms with Gasteiger partial charge < -0.3 is 9.42 Å². The molecule has 6 heteroatoms. The fourth-order valence-corrected chi connectivity index (χ4v) is 5.87. The molecule has 2 aromatic carbocycles. The second-order valence-electron chi connectivity index (χ2n) is 7.24. The number of benzene rings is 2. The van der Waals surface area contributed by atoms with E-state index in [1.54, 1.807) is 11.3 Å². The van der Waals surface area contributed by atoms with Gasteiger partial charge in [-0.15, -0.1) is 11.3 Å². The van der Waals surface area contributed by atoms with E-state index in [9.17, 15) is 0 Å². The summed E-state index contributed by atoms with van der Waals surface area (Å²) in [6.45, 7) is 2.86. The SMILES string of the molecule is Cc1cc(CCCN(C)c2ncc(-c3cccc4c3sc3ccccc34)s2)no1. The number of aryl methyl sites for hydroxylation is 2. The number of rotatable bonds is 6. The predicted octanol–water partition coefficient (Wildman–Crippen LogP) is 6.54. The third kappa shape index (κ3) is 3.54. The number of fused-ring (bicyclic) bond motifs is 3. The average Bonchev–Trinajstić information content (AvgIpc) is 3.45. The molecule has 3 aromatic heterocycles. The topological polar surface area (TPSA) is 42.2 Å². The maximum atomic E-state index is 5.14. The van der Waals surface area contributed by atoms with E-state index >= 15 is 0 Å². The lowest BCUT2D eigenvalue weighted by atomic mass is 10.1. The lowest BCUT2D eigenvalue weighted by Gasteiger charge is -2.14.